The Hall–Kier alpha value is -1.38. The summed E-state index contributed by atoms with van der Waals surface area (Å²) in [6.07, 6.45) is 3.90. The first-order chi connectivity index (χ1) is 9.13. The molecular weight excluding hydrogens is 243 g/mol. The number of benzene rings is 1. The Bertz CT molecular complexity index is 409. The Morgan fingerprint density at radius 2 is 1.89 bits per heavy atom. The molecule has 1 rings (SSSR count). The van der Waals surface area contributed by atoms with E-state index in [0.717, 1.165) is 25.7 Å². The van der Waals surface area contributed by atoms with Crippen molar-refractivity contribution in [3.05, 3.63) is 29.6 Å². The number of hydrogen-bond acceptors (Lipinski definition) is 2. The summed E-state index contributed by atoms with van der Waals surface area (Å²) in [7, 11) is 1.43. The smallest absolute Gasteiger partial charge is 0.168 e. The van der Waals surface area contributed by atoms with Crippen LogP contribution in [-0.2, 0) is 11.2 Å². The standard InChI is InChI=1S/C16H23FO2/c1-4-7-12(8-5-2)14(18)11-13-9-6-10-15(19-3)16(13)17/h6,9-10,12H,4-5,7-8,11H2,1-3H3. The van der Waals surface area contributed by atoms with Crippen LogP contribution in [0.2, 0.25) is 0 Å². The highest BCUT2D eigenvalue weighted by atomic mass is 19.1. The largest absolute Gasteiger partial charge is 0.494 e. The maximum atomic E-state index is 14.0. The molecule has 1 aromatic rings. The molecule has 0 N–H and O–H groups in total. The fraction of sp³-hybridized carbons (Fsp3) is 0.562. The Labute approximate surface area is 115 Å². The van der Waals surface area contributed by atoms with Crippen molar-refractivity contribution < 1.29 is 13.9 Å². The van der Waals surface area contributed by atoms with Crippen LogP contribution in [0.15, 0.2) is 18.2 Å². The number of hydrogen-bond donors (Lipinski definition) is 0. The third-order valence-corrected chi connectivity index (χ3v) is 3.36. The van der Waals surface area contributed by atoms with Crippen LogP contribution < -0.4 is 4.74 Å². The average molecular weight is 266 g/mol. The first-order valence-corrected chi connectivity index (χ1v) is 6.98. The molecule has 0 radical (unpaired) electrons. The molecule has 3 heteroatoms. The minimum absolute atomic E-state index is 0.0561. The molecule has 0 atom stereocenters. The van der Waals surface area contributed by atoms with E-state index >= 15 is 0 Å². The molecule has 0 spiro atoms. The average Bonchev–Trinajstić information content (AvgIpc) is 2.41. The van der Waals surface area contributed by atoms with E-state index in [1.165, 1.54) is 7.11 Å². The van der Waals surface area contributed by atoms with Gasteiger partial charge in [-0.25, -0.2) is 4.39 Å². The second-order valence-electron chi connectivity index (χ2n) is 4.85. The number of halogens is 1. The number of ketones is 1. The molecule has 0 aliphatic heterocycles. The second-order valence-corrected chi connectivity index (χ2v) is 4.85. The van der Waals surface area contributed by atoms with Crippen LogP contribution in [0.1, 0.15) is 45.1 Å². The summed E-state index contributed by atoms with van der Waals surface area (Å²) in [4.78, 5) is 12.2. The van der Waals surface area contributed by atoms with Gasteiger partial charge in [0, 0.05) is 12.3 Å². The van der Waals surface area contributed by atoms with Crippen molar-refractivity contribution in [1.29, 1.82) is 0 Å². The zero-order valence-corrected chi connectivity index (χ0v) is 12.0. The molecule has 0 bridgehead atoms. The predicted octanol–water partition coefficient (Wildman–Crippen LogP) is 4.16. The quantitative estimate of drug-likeness (QED) is 0.706. The third kappa shape index (κ3) is 4.34. The lowest BCUT2D eigenvalue weighted by atomic mass is 9.90. The number of carbonyl (C=O) groups excluding carboxylic acids is 1. The van der Waals surface area contributed by atoms with Crippen molar-refractivity contribution in [3.8, 4) is 5.75 Å². The van der Waals surface area contributed by atoms with E-state index in [9.17, 15) is 9.18 Å². The van der Waals surface area contributed by atoms with Gasteiger partial charge in [0.15, 0.2) is 11.6 Å². The zero-order chi connectivity index (χ0) is 14.3. The molecular formula is C16H23FO2. The molecule has 0 unspecified atom stereocenters. The van der Waals surface area contributed by atoms with Gasteiger partial charge in [-0.1, -0.05) is 38.8 Å². The molecule has 0 saturated carbocycles. The molecule has 1 aromatic carbocycles. The summed E-state index contributed by atoms with van der Waals surface area (Å²) in [5, 5.41) is 0. The molecule has 0 amide bonds. The fourth-order valence-electron chi connectivity index (χ4n) is 2.35. The number of carbonyl (C=O) groups is 1. The molecule has 2 nitrogen and oxygen atoms in total. The highest BCUT2D eigenvalue weighted by Crippen LogP contribution is 2.23. The van der Waals surface area contributed by atoms with E-state index in [1.54, 1.807) is 18.2 Å². The van der Waals surface area contributed by atoms with Gasteiger partial charge >= 0.3 is 0 Å². The highest BCUT2D eigenvalue weighted by molar-refractivity contribution is 5.83. The van der Waals surface area contributed by atoms with E-state index < -0.39 is 5.82 Å². The maximum Gasteiger partial charge on any atom is 0.168 e. The molecule has 0 heterocycles. The molecule has 0 saturated heterocycles. The second kappa shape index (κ2) is 7.93. The Kier molecular flexibility index (Phi) is 6.54. The molecule has 0 aliphatic carbocycles. The van der Waals surface area contributed by atoms with Crippen molar-refractivity contribution in [2.45, 2.75) is 46.0 Å². The van der Waals surface area contributed by atoms with Gasteiger partial charge in [0.1, 0.15) is 5.78 Å². The van der Waals surface area contributed by atoms with Crippen LogP contribution in [0.25, 0.3) is 0 Å². The van der Waals surface area contributed by atoms with Gasteiger partial charge in [0.25, 0.3) is 0 Å². The first-order valence-electron chi connectivity index (χ1n) is 6.98. The van der Waals surface area contributed by atoms with E-state index in [0.29, 0.717) is 5.56 Å². The predicted molar refractivity (Wildman–Crippen MR) is 75.0 cm³/mol. The molecule has 19 heavy (non-hydrogen) atoms. The van der Waals surface area contributed by atoms with Crippen molar-refractivity contribution in [2.24, 2.45) is 5.92 Å². The van der Waals surface area contributed by atoms with Gasteiger partial charge < -0.3 is 4.74 Å². The number of Topliss-reactive ketones (excluding diaryl/α,β-unsaturated/α-hetero) is 1. The maximum absolute atomic E-state index is 14.0. The molecule has 106 valence electrons. The fourth-order valence-corrected chi connectivity index (χ4v) is 2.35. The normalized spacial score (nSPS) is 10.8. The summed E-state index contributed by atoms with van der Waals surface area (Å²) < 4.78 is 18.9. The lowest BCUT2D eigenvalue weighted by Gasteiger charge is -2.14. The van der Waals surface area contributed by atoms with Crippen molar-refractivity contribution >= 4 is 5.78 Å². The van der Waals surface area contributed by atoms with Crippen LogP contribution in [-0.4, -0.2) is 12.9 Å². The van der Waals surface area contributed by atoms with E-state index in [4.69, 9.17) is 4.74 Å². The van der Waals surface area contributed by atoms with Crippen molar-refractivity contribution in [1.82, 2.24) is 0 Å². The highest BCUT2D eigenvalue weighted by Gasteiger charge is 2.19. The zero-order valence-electron chi connectivity index (χ0n) is 12.0. The van der Waals surface area contributed by atoms with Crippen LogP contribution in [0, 0.1) is 11.7 Å². The summed E-state index contributed by atoms with van der Waals surface area (Å²) in [5.41, 5.74) is 0.432. The van der Waals surface area contributed by atoms with E-state index in [1.807, 2.05) is 0 Å². The van der Waals surface area contributed by atoms with Gasteiger partial charge in [0.2, 0.25) is 0 Å². The summed E-state index contributed by atoms with van der Waals surface area (Å²) in [6.45, 7) is 4.14. The van der Waals surface area contributed by atoms with Gasteiger partial charge in [0.05, 0.1) is 7.11 Å². The molecule has 0 aromatic heterocycles. The van der Waals surface area contributed by atoms with Crippen molar-refractivity contribution in [2.75, 3.05) is 7.11 Å². The monoisotopic (exact) mass is 266 g/mol. The Balaban J connectivity index is 2.80. The Morgan fingerprint density at radius 1 is 1.26 bits per heavy atom. The minimum Gasteiger partial charge on any atom is -0.494 e. The van der Waals surface area contributed by atoms with Gasteiger partial charge in [-0.15, -0.1) is 0 Å². The van der Waals surface area contributed by atoms with Crippen LogP contribution >= 0.6 is 0 Å². The lowest BCUT2D eigenvalue weighted by molar-refractivity contribution is -0.122. The first kappa shape index (κ1) is 15.7. The number of ether oxygens (including phenoxy) is 1. The van der Waals surface area contributed by atoms with E-state index in [2.05, 4.69) is 13.8 Å². The van der Waals surface area contributed by atoms with Gasteiger partial charge in [-0.2, -0.15) is 0 Å². The third-order valence-electron chi connectivity index (χ3n) is 3.36. The minimum atomic E-state index is -0.412. The topological polar surface area (TPSA) is 26.3 Å². The van der Waals surface area contributed by atoms with Crippen molar-refractivity contribution in [3.63, 3.8) is 0 Å². The van der Waals surface area contributed by atoms with Gasteiger partial charge in [-0.05, 0) is 24.5 Å². The summed E-state index contributed by atoms with van der Waals surface area (Å²) >= 11 is 0. The molecule has 0 aliphatic rings. The van der Waals surface area contributed by atoms with E-state index in [-0.39, 0.29) is 23.9 Å². The summed E-state index contributed by atoms with van der Waals surface area (Å²) in [5.74, 6) is -0.0191. The number of rotatable bonds is 8. The van der Waals surface area contributed by atoms with Crippen LogP contribution in [0.4, 0.5) is 4.39 Å². The SMILES string of the molecule is CCCC(CCC)C(=O)Cc1cccc(OC)c1F. The summed E-state index contributed by atoms with van der Waals surface area (Å²) in [6, 6.07) is 4.95. The Morgan fingerprint density at radius 3 is 2.42 bits per heavy atom. The lowest BCUT2D eigenvalue weighted by Crippen LogP contribution is -2.17. The molecule has 0 fully saturated rings. The van der Waals surface area contributed by atoms with Crippen LogP contribution in [0.5, 0.6) is 5.75 Å². The van der Waals surface area contributed by atoms with Crippen LogP contribution in [0.3, 0.4) is 0 Å². The van der Waals surface area contributed by atoms with Gasteiger partial charge in [-0.3, -0.25) is 4.79 Å². The number of methoxy groups -OCH3 is 1.